The van der Waals surface area contributed by atoms with Crippen LogP contribution >= 0.6 is 0 Å². The number of alkyl halides is 3. The Labute approximate surface area is 160 Å². The lowest BCUT2D eigenvalue weighted by molar-refractivity contribution is -0.176. The normalized spacial score (nSPS) is 11.7. The van der Waals surface area contributed by atoms with Crippen molar-refractivity contribution in [2.24, 2.45) is 0 Å². The zero-order valence-corrected chi connectivity index (χ0v) is 15.1. The average molecular weight is 391 g/mol. The molecule has 0 aliphatic heterocycles. The number of carbonyl (C=O) groups excluding carboxylic acids is 1. The molecule has 148 valence electrons. The fraction of sp³-hybridized carbons (Fsp3) is 0.300. The van der Waals surface area contributed by atoms with Crippen molar-refractivity contribution >= 4 is 16.9 Å². The highest BCUT2D eigenvalue weighted by atomic mass is 19.4. The van der Waals surface area contributed by atoms with E-state index in [0.717, 1.165) is 16.6 Å². The largest absolute Gasteiger partial charge is 0.411 e. The number of nitrogens with one attached hydrogen (secondary N) is 1. The second-order valence-electron chi connectivity index (χ2n) is 6.38. The number of rotatable bonds is 8. The quantitative estimate of drug-likeness (QED) is 0.635. The van der Waals surface area contributed by atoms with Crippen LogP contribution in [-0.4, -0.2) is 28.2 Å². The molecule has 0 bridgehead atoms. The minimum Gasteiger partial charge on any atom is -0.367 e. The number of carbonyl (C=O) groups is 1. The minimum atomic E-state index is -4.33. The van der Waals surface area contributed by atoms with Crippen LogP contribution in [0.3, 0.4) is 0 Å². The molecule has 0 aliphatic rings. The number of aryl methyl sites for hydroxylation is 1. The third-order valence-electron chi connectivity index (χ3n) is 4.15. The van der Waals surface area contributed by atoms with E-state index in [2.05, 4.69) is 15.0 Å². The Morgan fingerprint density at radius 1 is 1.07 bits per heavy atom. The number of ether oxygens (including phenoxy) is 1. The molecule has 8 heteroatoms. The molecule has 0 spiro atoms. The Kier molecular flexibility index (Phi) is 6.30. The molecular formula is C20H20F3N3O2. The van der Waals surface area contributed by atoms with Gasteiger partial charge in [-0.2, -0.15) is 13.2 Å². The Balaban J connectivity index is 1.42. The maximum absolute atomic E-state index is 12.1. The second-order valence-corrected chi connectivity index (χ2v) is 6.38. The zero-order valence-electron chi connectivity index (χ0n) is 15.1. The molecule has 0 fully saturated rings. The van der Waals surface area contributed by atoms with Gasteiger partial charge in [0.1, 0.15) is 6.61 Å². The van der Waals surface area contributed by atoms with E-state index in [-0.39, 0.29) is 12.5 Å². The fourth-order valence-electron chi connectivity index (χ4n) is 2.74. The predicted octanol–water partition coefficient (Wildman–Crippen LogP) is 3.82. The van der Waals surface area contributed by atoms with Gasteiger partial charge in [-0.3, -0.25) is 4.79 Å². The third kappa shape index (κ3) is 5.82. The highest BCUT2D eigenvalue weighted by Gasteiger charge is 2.27. The summed E-state index contributed by atoms with van der Waals surface area (Å²) in [7, 11) is 0. The molecule has 3 aromatic rings. The van der Waals surface area contributed by atoms with Crippen LogP contribution in [-0.2, 0) is 29.2 Å². The van der Waals surface area contributed by atoms with Gasteiger partial charge >= 0.3 is 6.18 Å². The van der Waals surface area contributed by atoms with Crippen LogP contribution in [0.2, 0.25) is 0 Å². The molecule has 0 unspecified atom stereocenters. The van der Waals surface area contributed by atoms with Crippen LogP contribution in [0.5, 0.6) is 0 Å². The van der Waals surface area contributed by atoms with Crippen LogP contribution in [0.4, 0.5) is 13.2 Å². The van der Waals surface area contributed by atoms with Gasteiger partial charge in [-0.15, -0.1) is 0 Å². The van der Waals surface area contributed by atoms with Gasteiger partial charge in [-0.25, -0.2) is 4.98 Å². The van der Waals surface area contributed by atoms with E-state index in [9.17, 15) is 18.0 Å². The number of fused-ring (bicyclic) bond motifs is 1. The number of nitrogens with zero attached hydrogens (tertiary/aromatic N) is 2. The first-order valence-corrected chi connectivity index (χ1v) is 8.79. The van der Waals surface area contributed by atoms with Crippen LogP contribution in [0.1, 0.15) is 17.5 Å². The summed E-state index contributed by atoms with van der Waals surface area (Å²) in [6.07, 6.45) is -2.28. The van der Waals surface area contributed by atoms with Crippen molar-refractivity contribution in [3.63, 3.8) is 0 Å². The topological polar surface area (TPSA) is 56.2 Å². The Hall–Kier alpha value is -2.87. The van der Waals surface area contributed by atoms with Crippen LogP contribution in [0.15, 0.2) is 54.9 Å². The zero-order chi connectivity index (χ0) is 20.0. The molecule has 0 atom stereocenters. The smallest absolute Gasteiger partial charge is 0.367 e. The summed E-state index contributed by atoms with van der Waals surface area (Å²) < 4.78 is 42.7. The molecule has 1 amide bonds. The van der Waals surface area contributed by atoms with Gasteiger partial charge in [-0.1, -0.05) is 36.4 Å². The Morgan fingerprint density at radius 2 is 1.79 bits per heavy atom. The number of aromatic nitrogens is 2. The maximum atomic E-state index is 12.1. The number of imidazole rings is 1. The van der Waals surface area contributed by atoms with Crippen molar-refractivity contribution in [1.82, 2.24) is 14.9 Å². The molecular weight excluding hydrogens is 371 g/mol. The Morgan fingerprint density at radius 3 is 2.54 bits per heavy atom. The van der Waals surface area contributed by atoms with E-state index < -0.39 is 12.8 Å². The highest BCUT2D eigenvalue weighted by molar-refractivity contribution is 5.77. The van der Waals surface area contributed by atoms with Gasteiger partial charge in [0.25, 0.3) is 0 Å². The fourth-order valence-corrected chi connectivity index (χ4v) is 2.74. The number of hydrogen-bond donors (Lipinski definition) is 1. The number of hydrogen-bond acceptors (Lipinski definition) is 3. The van der Waals surface area contributed by atoms with Crippen molar-refractivity contribution in [2.75, 3.05) is 6.61 Å². The second kappa shape index (κ2) is 8.88. The average Bonchev–Trinajstić information content (AvgIpc) is 3.08. The summed E-state index contributed by atoms with van der Waals surface area (Å²) in [6.45, 7) is -0.489. The van der Waals surface area contributed by atoms with Crippen LogP contribution < -0.4 is 5.32 Å². The van der Waals surface area contributed by atoms with E-state index >= 15 is 0 Å². The predicted molar refractivity (Wildman–Crippen MR) is 98.3 cm³/mol. The molecule has 2 aromatic carbocycles. The first-order chi connectivity index (χ1) is 13.4. The van der Waals surface area contributed by atoms with E-state index in [0.29, 0.717) is 25.1 Å². The molecule has 1 heterocycles. The van der Waals surface area contributed by atoms with Crippen molar-refractivity contribution in [3.8, 4) is 0 Å². The molecule has 28 heavy (non-hydrogen) atoms. The molecule has 1 aromatic heterocycles. The van der Waals surface area contributed by atoms with Crippen molar-refractivity contribution in [3.05, 3.63) is 66.0 Å². The molecule has 0 radical (unpaired) electrons. The van der Waals surface area contributed by atoms with Gasteiger partial charge in [0.2, 0.25) is 5.91 Å². The lowest BCUT2D eigenvalue weighted by Crippen LogP contribution is -2.23. The number of benzene rings is 2. The summed E-state index contributed by atoms with van der Waals surface area (Å²) >= 11 is 0. The van der Waals surface area contributed by atoms with Gasteiger partial charge in [0.05, 0.1) is 24.0 Å². The first-order valence-electron chi connectivity index (χ1n) is 8.79. The van der Waals surface area contributed by atoms with E-state index in [1.807, 2.05) is 28.8 Å². The first kappa shape index (κ1) is 19.9. The molecule has 1 N–H and O–H groups in total. The van der Waals surface area contributed by atoms with Crippen molar-refractivity contribution in [1.29, 1.82) is 0 Å². The van der Waals surface area contributed by atoms with E-state index in [1.54, 1.807) is 30.6 Å². The highest BCUT2D eigenvalue weighted by Crippen LogP contribution is 2.16. The standard InChI is InChI=1S/C20H20F3N3O2/c21-20(22,23)13-28-12-16-7-5-15(6-8-16)11-24-19(27)9-10-26-14-25-17-3-1-2-4-18(17)26/h1-8,14H,9-13H2,(H,24,27). The number of para-hydroxylation sites is 2. The van der Waals surface area contributed by atoms with Gasteiger partial charge < -0.3 is 14.6 Å². The summed E-state index contributed by atoms with van der Waals surface area (Å²) in [5.74, 6) is -0.0876. The number of halogens is 3. The molecule has 5 nitrogen and oxygen atoms in total. The minimum absolute atomic E-state index is 0.0876. The molecule has 0 aliphatic carbocycles. The van der Waals surface area contributed by atoms with Gasteiger partial charge in [-0.05, 0) is 23.3 Å². The van der Waals surface area contributed by atoms with Gasteiger partial charge in [0, 0.05) is 19.5 Å². The molecule has 0 saturated heterocycles. The Bertz CT molecular complexity index is 920. The van der Waals surface area contributed by atoms with Crippen molar-refractivity contribution < 1.29 is 22.7 Å². The lowest BCUT2D eigenvalue weighted by Gasteiger charge is -2.09. The SMILES string of the molecule is O=C(CCn1cnc2ccccc21)NCc1ccc(COCC(F)(F)F)cc1. The van der Waals surface area contributed by atoms with Crippen LogP contribution in [0, 0.1) is 0 Å². The monoisotopic (exact) mass is 391 g/mol. The summed E-state index contributed by atoms with van der Waals surface area (Å²) in [6, 6.07) is 14.6. The third-order valence-corrected chi connectivity index (χ3v) is 4.15. The summed E-state index contributed by atoms with van der Waals surface area (Å²) in [5.41, 5.74) is 3.38. The molecule has 0 saturated carbocycles. The summed E-state index contributed by atoms with van der Waals surface area (Å²) in [5, 5.41) is 2.84. The number of amides is 1. The molecule has 3 rings (SSSR count). The van der Waals surface area contributed by atoms with Crippen molar-refractivity contribution in [2.45, 2.75) is 32.3 Å². The van der Waals surface area contributed by atoms with E-state index in [4.69, 9.17) is 0 Å². The van der Waals surface area contributed by atoms with Crippen LogP contribution in [0.25, 0.3) is 11.0 Å². The van der Waals surface area contributed by atoms with Gasteiger partial charge in [0.15, 0.2) is 0 Å². The van der Waals surface area contributed by atoms with E-state index in [1.165, 1.54) is 0 Å². The lowest BCUT2D eigenvalue weighted by atomic mass is 10.1. The maximum Gasteiger partial charge on any atom is 0.411 e. The summed E-state index contributed by atoms with van der Waals surface area (Å²) in [4.78, 5) is 16.4.